The number of rotatable bonds is 7. The molecule has 0 aromatic rings. The number of alkyl halides is 8. The first kappa shape index (κ1) is 26.5. The Morgan fingerprint density at radius 2 is 1.16 bits per heavy atom. The van der Waals surface area contributed by atoms with E-state index < -0.39 is 34.1 Å². The van der Waals surface area contributed by atoms with Gasteiger partial charge in [-0.2, -0.15) is 35.1 Å². The van der Waals surface area contributed by atoms with Gasteiger partial charge in [0.2, 0.25) is 0 Å². The van der Waals surface area contributed by atoms with Gasteiger partial charge in [-0.1, -0.05) is 0 Å². The summed E-state index contributed by atoms with van der Waals surface area (Å²) in [6.45, 7) is 8.41. The molecule has 0 aliphatic carbocycles. The van der Waals surface area contributed by atoms with Gasteiger partial charge in [-0.15, -0.1) is 0 Å². The average Bonchev–Trinajstić information content (AvgIpc) is 2.41. The second kappa shape index (κ2) is 9.31. The molecular weight excluding hydrogens is 390 g/mol. The molecule has 0 bridgehead atoms. The van der Waals surface area contributed by atoms with Crippen LogP contribution in [0.4, 0.5) is 35.1 Å². The molecule has 0 atom stereocenters. The number of nitrogens with zero attached hydrogens (tertiary/aromatic N) is 1. The van der Waals surface area contributed by atoms with Gasteiger partial charge >= 0.3 is 17.6 Å². The van der Waals surface area contributed by atoms with Crippen LogP contribution in [0.15, 0.2) is 0 Å². The van der Waals surface area contributed by atoms with E-state index in [1.54, 1.807) is 0 Å². The molecule has 0 spiro atoms. The first-order valence-electron chi connectivity index (χ1n) is 7.21. The second-order valence-electron chi connectivity index (χ2n) is 5.22. The summed E-state index contributed by atoms with van der Waals surface area (Å²) in [5.41, 5.74) is -5.65. The first-order valence-corrected chi connectivity index (χ1v) is 8.61. The molecule has 0 heterocycles. The zero-order valence-corrected chi connectivity index (χ0v) is 14.7. The molecular formula is C12H21F8NO3S. The van der Waals surface area contributed by atoms with Crippen LogP contribution in [-0.4, -0.2) is 61.2 Å². The van der Waals surface area contributed by atoms with Crippen LogP contribution in [-0.2, 0) is 10.1 Å². The molecule has 4 nitrogen and oxygen atoms in total. The van der Waals surface area contributed by atoms with Crippen LogP contribution in [0.3, 0.4) is 0 Å². The van der Waals surface area contributed by atoms with E-state index in [-0.39, 0.29) is 6.42 Å². The monoisotopic (exact) mass is 411 g/mol. The minimum absolute atomic E-state index is 0.109. The predicted octanol–water partition coefficient (Wildman–Crippen LogP) is 3.89. The number of halogens is 8. The van der Waals surface area contributed by atoms with Gasteiger partial charge in [0, 0.05) is 12.8 Å². The fourth-order valence-electron chi connectivity index (χ4n) is 1.92. The van der Waals surface area contributed by atoms with Crippen molar-refractivity contribution >= 4 is 10.1 Å². The van der Waals surface area contributed by atoms with Crippen molar-refractivity contribution in [3.8, 4) is 0 Å². The van der Waals surface area contributed by atoms with Crippen molar-refractivity contribution in [2.75, 3.05) is 26.2 Å². The van der Waals surface area contributed by atoms with Gasteiger partial charge in [0.1, 0.15) is 0 Å². The summed E-state index contributed by atoms with van der Waals surface area (Å²) in [7, 11) is -6.09. The summed E-state index contributed by atoms with van der Waals surface area (Å²) in [4.78, 5) is 0. The summed E-state index contributed by atoms with van der Waals surface area (Å²) in [6.07, 6.45) is -6.65. The molecule has 0 aromatic carbocycles. The lowest BCUT2D eigenvalue weighted by molar-refractivity contribution is -0.923. The lowest BCUT2D eigenvalue weighted by atomic mass is 10.1. The summed E-state index contributed by atoms with van der Waals surface area (Å²) in [5, 5.41) is 0. The molecule has 154 valence electrons. The minimum atomic E-state index is -6.09. The second-order valence-corrected chi connectivity index (χ2v) is 6.59. The molecule has 0 rings (SSSR count). The van der Waals surface area contributed by atoms with E-state index in [0.717, 1.165) is 19.6 Å². The van der Waals surface area contributed by atoms with Crippen LogP contribution in [0.2, 0.25) is 0 Å². The van der Waals surface area contributed by atoms with Gasteiger partial charge in [-0.05, 0) is 20.8 Å². The molecule has 0 aliphatic heterocycles. The molecule has 0 unspecified atom stereocenters. The van der Waals surface area contributed by atoms with Gasteiger partial charge < -0.3 is 9.04 Å². The van der Waals surface area contributed by atoms with Crippen molar-refractivity contribution in [1.82, 2.24) is 0 Å². The normalized spacial score (nSPS) is 14.1. The Hall–Kier alpha value is -0.690. The molecule has 0 fully saturated rings. The summed E-state index contributed by atoms with van der Waals surface area (Å²) >= 11 is 0. The van der Waals surface area contributed by atoms with E-state index in [4.69, 9.17) is 13.0 Å². The molecule has 0 saturated heterocycles. The van der Waals surface area contributed by atoms with E-state index in [0.29, 0.717) is 11.0 Å². The van der Waals surface area contributed by atoms with Gasteiger partial charge in [-0.3, -0.25) is 0 Å². The SMILES string of the molecule is CC[N+](CC)(CC)CCCC(F)(F)C(F)(F)F.O=S(=O)([O-])C(F)(F)F. The lowest BCUT2D eigenvalue weighted by Gasteiger charge is -2.36. The molecule has 13 heteroatoms. The third-order valence-corrected chi connectivity index (χ3v) is 4.40. The molecule has 0 aromatic heterocycles. The lowest BCUT2D eigenvalue weighted by Crippen LogP contribution is -2.48. The Labute approximate surface area is 141 Å². The highest BCUT2D eigenvalue weighted by molar-refractivity contribution is 7.86. The average molecular weight is 411 g/mol. The highest BCUT2D eigenvalue weighted by Gasteiger charge is 2.56. The fraction of sp³-hybridized carbons (Fsp3) is 1.00. The Morgan fingerprint density at radius 3 is 1.36 bits per heavy atom. The van der Waals surface area contributed by atoms with Crippen molar-refractivity contribution in [3.05, 3.63) is 0 Å². The summed E-state index contributed by atoms with van der Waals surface area (Å²) in [5.74, 6) is -4.56. The van der Waals surface area contributed by atoms with Gasteiger partial charge in [-0.25, -0.2) is 8.42 Å². The standard InChI is InChI=1S/C11H21F5N.CHF3O3S/c1-4-17(5-2,6-3)9-7-8-10(12,13)11(14,15)16;2-1(3,4)8(5,6)7/h4-9H2,1-3H3;(H,5,6,7)/q+1;/p-1. The van der Waals surface area contributed by atoms with E-state index >= 15 is 0 Å². The smallest absolute Gasteiger partial charge is 0.485 e. The van der Waals surface area contributed by atoms with Crippen molar-refractivity contribution < 1.29 is 52.6 Å². The number of quaternary nitrogens is 1. The van der Waals surface area contributed by atoms with Crippen molar-refractivity contribution in [3.63, 3.8) is 0 Å². The van der Waals surface area contributed by atoms with Crippen LogP contribution < -0.4 is 0 Å². The van der Waals surface area contributed by atoms with Crippen LogP contribution in [0.5, 0.6) is 0 Å². The zero-order chi connectivity index (χ0) is 20.7. The molecule has 0 N–H and O–H groups in total. The highest BCUT2D eigenvalue weighted by atomic mass is 32.2. The van der Waals surface area contributed by atoms with Crippen LogP contribution in [0.1, 0.15) is 33.6 Å². The molecule has 0 aliphatic rings. The van der Waals surface area contributed by atoms with Gasteiger partial charge in [0.25, 0.3) is 0 Å². The Bertz CT molecular complexity index is 473. The maximum absolute atomic E-state index is 12.7. The van der Waals surface area contributed by atoms with E-state index in [9.17, 15) is 35.1 Å². The third-order valence-electron chi connectivity index (χ3n) is 3.83. The van der Waals surface area contributed by atoms with Gasteiger partial charge in [0.05, 0.1) is 26.2 Å². The van der Waals surface area contributed by atoms with E-state index in [1.165, 1.54) is 0 Å². The molecule has 0 saturated carbocycles. The van der Waals surface area contributed by atoms with Crippen LogP contribution in [0, 0.1) is 0 Å². The van der Waals surface area contributed by atoms with Crippen molar-refractivity contribution in [2.45, 2.75) is 51.2 Å². The molecule has 25 heavy (non-hydrogen) atoms. The number of hydrogen-bond acceptors (Lipinski definition) is 3. The first-order chi connectivity index (χ1) is 10.9. The largest absolute Gasteiger partial charge is 0.741 e. The highest BCUT2D eigenvalue weighted by Crippen LogP contribution is 2.39. The Balaban J connectivity index is 0. The number of hydrogen-bond donors (Lipinski definition) is 0. The van der Waals surface area contributed by atoms with E-state index in [1.807, 2.05) is 20.8 Å². The van der Waals surface area contributed by atoms with E-state index in [2.05, 4.69) is 0 Å². The van der Waals surface area contributed by atoms with Crippen molar-refractivity contribution in [2.24, 2.45) is 0 Å². The summed E-state index contributed by atoms with van der Waals surface area (Å²) < 4.78 is 121. The quantitative estimate of drug-likeness (QED) is 0.276. The van der Waals surface area contributed by atoms with Crippen LogP contribution in [0.25, 0.3) is 0 Å². The van der Waals surface area contributed by atoms with Crippen LogP contribution >= 0.6 is 0 Å². The Morgan fingerprint density at radius 1 is 0.840 bits per heavy atom. The maximum atomic E-state index is 12.7. The maximum Gasteiger partial charge on any atom is 0.485 e. The Kier molecular flexibility index (Phi) is 9.88. The molecule has 0 amide bonds. The van der Waals surface area contributed by atoms with Gasteiger partial charge in [0.15, 0.2) is 10.1 Å². The minimum Gasteiger partial charge on any atom is -0.741 e. The predicted molar refractivity (Wildman–Crippen MR) is 72.7 cm³/mol. The molecule has 0 radical (unpaired) electrons. The fourth-order valence-corrected chi connectivity index (χ4v) is 1.92. The topological polar surface area (TPSA) is 57.2 Å². The summed E-state index contributed by atoms with van der Waals surface area (Å²) in [6, 6.07) is 0. The third kappa shape index (κ3) is 8.99. The van der Waals surface area contributed by atoms with Crippen molar-refractivity contribution in [1.29, 1.82) is 0 Å². The zero-order valence-electron chi connectivity index (χ0n) is 13.8.